The first-order chi connectivity index (χ1) is 25.8. The molecule has 0 aliphatic heterocycles. The number of rotatable bonds is 35. The number of phosphoric ester groups is 1. The molecule has 5 atom stereocenters. The molecule has 0 radical (unpaired) electrons. The van der Waals surface area contributed by atoms with Crippen molar-refractivity contribution in [3.05, 3.63) is 72.9 Å². The third-order valence-electron chi connectivity index (χ3n) is 8.56. The topological polar surface area (TPSA) is 146 Å². The number of carbonyl (C=O) groups excluding carboxylic acids is 1. The highest BCUT2D eigenvalue weighted by atomic mass is 31.2. The van der Waals surface area contributed by atoms with Crippen molar-refractivity contribution in [1.29, 1.82) is 0 Å². The largest absolute Gasteiger partial charge is 0.472 e. The summed E-state index contributed by atoms with van der Waals surface area (Å²) in [6.07, 6.45) is 37.3. The summed E-state index contributed by atoms with van der Waals surface area (Å²) in [5.74, 6) is -0.369. The standard InChI is InChI=1S/C43H77N2O8P/c1-6-8-10-12-14-15-16-17-18-19-20-22-28-34-42(48)41(38-53-54(50,51)52-37-36-45(3,4)5)44-43(49)35-29-33-40(47)32-27-24-23-26-31-39(46)30-25-21-13-11-9-7-2/h10,12,21,23-28,31-32,34,39-42,46-48H,6-9,11,13-20,22,29-30,33,35-38H2,1-5H3,(H-,44,49,50,51)/p+1/b12-10-,24-23+,25-21-,31-26+,32-27-,34-28+/t39-,40-,41-,42+/m0/s1. The first-order valence-electron chi connectivity index (χ1n) is 20.5. The van der Waals surface area contributed by atoms with E-state index in [2.05, 4.69) is 37.4 Å². The van der Waals surface area contributed by atoms with E-state index in [9.17, 15) is 29.6 Å². The molecule has 1 unspecified atom stereocenters. The molecule has 0 spiro atoms. The number of nitrogens with zero attached hydrogens (tertiary/aromatic N) is 1. The molecule has 0 fully saturated rings. The van der Waals surface area contributed by atoms with Gasteiger partial charge < -0.3 is 30.0 Å². The van der Waals surface area contributed by atoms with Gasteiger partial charge in [0.1, 0.15) is 13.2 Å². The Labute approximate surface area is 329 Å². The van der Waals surface area contributed by atoms with Gasteiger partial charge in [0.15, 0.2) is 0 Å². The van der Waals surface area contributed by atoms with Crippen molar-refractivity contribution in [3.63, 3.8) is 0 Å². The fourth-order valence-electron chi connectivity index (χ4n) is 5.18. The maximum Gasteiger partial charge on any atom is 0.472 e. The highest BCUT2D eigenvalue weighted by molar-refractivity contribution is 7.47. The molecule has 0 heterocycles. The van der Waals surface area contributed by atoms with E-state index in [1.165, 1.54) is 51.4 Å². The molecule has 0 aromatic carbocycles. The molecule has 0 rings (SSSR count). The molecule has 54 heavy (non-hydrogen) atoms. The van der Waals surface area contributed by atoms with Gasteiger partial charge in [-0.25, -0.2) is 4.57 Å². The van der Waals surface area contributed by atoms with Crippen molar-refractivity contribution in [2.45, 2.75) is 154 Å². The summed E-state index contributed by atoms with van der Waals surface area (Å²) < 4.78 is 23.4. The molecule has 1 amide bonds. The fraction of sp³-hybridized carbons (Fsp3) is 0.698. The number of hydrogen-bond donors (Lipinski definition) is 5. The Morgan fingerprint density at radius 3 is 1.89 bits per heavy atom. The summed E-state index contributed by atoms with van der Waals surface area (Å²) >= 11 is 0. The lowest BCUT2D eigenvalue weighted by molar-refractivity contribution is -0.870. The minimum atomic E-state index is -4.41. The van der Waals surface area contributed by atoms with Crippen molar-refractivity contribution in [3.8, 4) is 0 Å². The molecule has 0 saturated carbocycles. The molecule has 0 aromatic rings. The minimum Gasteiger partial charge on any atom is -0.389 e. The predicted octanol–water partition coefficient (Wildman–Crippen LogP) is 8.79. The fourth-order valence-corrected chi connectivity index (χ4v) is 5.91. The van der Waals surface area contributed by atoms with Crippen LogP contribution in [0.3, 0.4) is 0 Å². The molecule has 0 saturated heterocycles. The second-order valence-electron chi connectivity index (χ2n) is 15.0. The van der Waals surface area contributed by atoms with Gasteiger partial charge in [0.25, 0.3) is 0 Å². The van der Waals surface area contributed by atoms with Crippen molar-refractivity contribution >= 4 is 13.7 Å². The number of aliphatic hydroxyl groups is 3. The normalized spacial score (nSPS) is 16.4. The quantitative estimate of drug-likeness (QED) is 0.0141. The minimum absolute atomic E-state index is 0.0102. The number of carbonyl (C=O) groups is 1. The van der Waals surface area contributed by atoms with Crippen LogP contribution >= 0.6 is 7.82 Å². The molecule has 0 bridgehead atoms. The van der Waals surface area contributed by atoms with Crippen molar-refractivity contribution in [2.24, 2.45) is 0 Å². The number of likely N-dealkylation sites (N-methyl/N-ethyl adjacent to an activating group) is 1. The number of quaternary nitrogens is 1. The number of amides is 1. The summed E-state index contributed by atoms with van der Waals surface area (Å²) in [5, 5.41) is 34.0. The molecule has 0 aliphatic rings. The van der Waals surface area contributed by atoms with E-state index in [4.69, 9.17) is 9.05 Å². The smallest absolute Gasteiger partial charge is 0.389 e. The highest BCUT2D eigenvalue weighted by Crippen LogP contribution is 2.43. The van der Waals surface area contributed by atoms with Crippen LogP contribution in [0.2, 0.25) is 0 Å². The number of phosphoric acid groups is 1. The SMILES string of the molecule is CCC/C=C\CCCCCCCC/C=C/[C@@H](O)[C@H](COP(=O)(O)OCC[N+](C)(C)C)NC(=O)CCC[C@@H](O)\C=C/C=C/C=C/[C@@H](O)C/C=C\CCCCC. The Bertz CT molecular complexity index is 1140. The maximum atomic E-state index is 12.8. The van der Waals surface area contributed by atoms with Gasteiger partial charge in [0, 0.05) is 6.42 Å². The Hall–Kier alpha value is -2.14. The van der Waals surface area contributed by atoms with Crippen LogP contribution in [0.4, 0.5) is 0 Å². The monoisotopic (exact) mass is 782 g/mol. The summed E-state index contributed by atoms with van der Waals surface area (Å²) in [4.78, 5) is 23.0. The van der Waals surface area contributed by atoms with Crippen LogP contribution in [-0.2, 0) is 18.4 Å². The first-order valence-corrected chi connectivity index (χ1v) is 22.0. The van der Waals surface area contributed by atoms with Crippen LogP contribution in [0.1, 0.15) is 129 Å². The van der Waals surface area contributed by atoms with Gasteiger partial charge in [0.05, 0.1) is 52.1 Å². The Morgan fingerprint density at radius 1 is 0.685 bits per heavy atom. The number of allylic oxidation sites excluding steroid dienone is 8. The van der Waals surface area contributed by atoms with E-state index in [0.29, 0.717) is 30.3 Å². The summed E-state index contributed by atoms with van der Waals surface area (Å²) in [6.45, 7) is 4.45. The van der Waals surface area contributed by atoms with E-state index in [0.717, 1.165) is 38.5 Å². The zero-order valence-corrected chi connectivity index (χ0v) is 35.3. The molecule has 0 aliphatic carbocycles. The second kappa shape index (κ2) is 34.1. The molecular formula is C43H78N2O8P+. The number of nitrogens with one attached hydrogen (secondary N) is 1. The van der Waals surface area contributed by atoms with E-state index in [-0.39, 0.29) is 18.9 Å². The average Bonchev–Trinajstić information content (AvgIpc) is 3.10. The number of aliphatic hydroxyl groups excluding tert-OH is 3. The van der Waals surface area contributed by atoms with Crippen molar-refractivity contribution in [1.82, 2.24) is 5.32 Å². The van der Waals surface area contributed by atoms with Crippen LogP contribution in [0, 0.1) is 0 Å². The Kier molecular flexibility index (Phi) is 32.8. The van der Waals surface area contributed by atoms with Crippen molar-refractivity contribution < 1.29 is 43.1 Å². The van der Waals surface area contributed by atoms with Gasteiger partial charge in [-0.3, -0.25) is 13.8 Å². The van der Waals surface area contributed by atoms with Crippen molar-refractivity contribution in [2.75, 3.05) is 40.9 Å². The first kappa shape index (κ1) is 51.9. The van der Waals surface area contributed by atoms with E-state index in [1.807, 2.05) is 33.3 Å². The van der Waals surface area contributed by atoms with Crippen LogP contribution in [-0.4, -0.2) is 95.9 Å². The highest BCUT2D eigenvalue weighted by Gasteiger charge is 2.27. The zero-order chi connectivity index (χ0) is 40.3. The molecular weight excluding hydrogens is 703 g/mol. The van der Waals surface area contributed by atoms with Gasteiger partial charge in [-0.2, -0.15) is 0 Å². The van der Waals surface area contributed by atoms with Gasteiger partial charge in [-0.05, 0) is 64.2 Å². The lowest BCUT2D eigenvalue weighted by Crippen LogP contribution is -2.45. The lowest BCUT2D eigenvalue weighted by atomic mass is 10.1. The van der Waals surface area contributed by atoms with E-state index >= 15 is 0 Å². The summed E-state index contributed by atoms with van der Waals surface area (Å²) in [6, 6.07) is -0.967. The van der Waals surface area contributed by atoms with Crippen LogP contribution in [0.15, 0.2) is 72.9 Å². The average molecular weight is 782 g/mol. The molecule has 0 aromatic heterocycles. The molecule has 312 valence electrons. The van der Waals surface area contributed by atoms with Crippen LogP contribution in [0.25, 0.3) is 0 Å². The second-order valence-corrected chi connectivity index (χ2v) is 16.5. The number of hydrogen-bond acceptors (Lipinski definition) is 7. The summed E-state index contributed by atoms with van der Waals surface area (Å²) in [5.41, 5.74) is 0. The Morgan fingerprint density at radius 2 is 1.26 bits per heavy atom. The number of unbranched alkanes of at least 4 members (excludes halogenated alkanes) is 11. The van der Waals surface area contributed by atoms with Gasteiger partial charge >= 0.3 is 7.82 Å². The third kappa shape index (κ3) is 35.6. The molecule has 11 heteroatoms. The lowest BCUT2D eigenvalue weighted by Gasteiger charge is -2.25. The zero-order valence-electron chi connectivity index (χ0n) is 34.4. The molecule has 5 N–H and O–H groups in total. The third-order valence-corrected chi connectivity index (χ3v) is 9.55. The Balaban J connectivity index is 4.81. The summed E-state index contributed by atoms with van der Waals surface area (Å²) in [7, 11) is 1.40. The van der Waals surface area contributed by atoms with E-state index < -0.39 is 38.8 Å². The van der Waals surface area contributed by atoms with Gasteiger partial charge in [0.2, 0.25) is 5.91 Å². The van der Waals surface area contributed by atoms with E-state index in [1.54, 1.807) is 42.5 Å². The maximum absolute atomic E-state index is 12.8. The predicted molar refractivity (Wildman–Crippen MR) is 224 cm³/mol. The van der Waals surface area contributed by atoms with Gasteiger partial charge in [-0.15, -0.1) is 0 Å². The van der Waals surface area contributed by atoms with Crippen LogP contribution < -0.4 is 5.32 Å². The molecule has 10 nitrogen and oxygen atoms in total. The van der Waals surface area contributed by atoms with Gasteiger partial charge in [-0.1, -0.05) is 132 Å². The van der Waals surface area contributed by atoms with Crippen LogP contribution in [0.5, 0.6) is 0 Å².